The number of ether oxygens (including phenoxy) is 1. The molecule has 0 radical (unpaired) electrons. The van der Waals surface area contributed by atoms with Gasteiger partial charge in [0.25, 0.3) is 0 Å². The number of benzene rings is 3. The topological polar surface area (TPSA) is 62.6 Å². The van der Waals surface area contributed by atoms with Crippen molar-refractivity contribution < 1.29 is 14.9 Å². The smallest absolute Gasteiger partial charge is 0.179 e. The van der Waals surface area contributed by atoms with Crippen molar-refractivity contribution in [2.24, 2.45) is 0 Å². The number of fused-ring (bicyclic) bond motifs is 2. The van der Waals surface area contributed by atoms with Crippen molar-refractivity contribution in [1.82, 2.24) is 4.98 Å². The predicted molar refractivity (Wildman–Crippen MR) is 125 cm³/mol. The second kappa shape index (κ2) is 8.12. The maximum Gasteiger partial charge on any atom is 0.179 e. The molecule has 0 unspecified atom stereocenters. The molecule has 0 atom stereocenters. The Labute approximate surface area is 184 Å². The van der Waals surface area contributed by atoms with Crippen LogP contribution in [0.3, 0.4) is 0 Å². The molecule has 0 saturated carbocycles. The molecule has 4 nitrogen and oxygen atoms in total. The van der Waals surface area contributed by atoms with Crippen LogP contribution in [0.2, 0.25) is 0 Å². The number of aryl methyl sites for hydroxylation is 1. The Bertz CT molecular complexity index is 1380. The van der Waals surface area contributed by atoms with Gasteiger partial charge in [-0.15, -0.1) is 11.3 Å². The molecule has 0 spiro atoms. The molecule has 5 heteroatoms. The number of aromatic nitrogens is 1. The Morgan fingerprint density at radius 2 is 1.74 bits per heavy atom. The second-order valence-electron chi connectivity index (χ2n) is 7.49. The summed E-state index contributed by atoms with van der Waals surface area (Å²) in [5.41, 5.74) is 4.79. The summed E-state index contributed by atoms with van der Waals surface area (Å²) in [4.78, 5) is 4.93. The van der Waals surface area contributed by atoms with Crippen LogP contribution in [-0.2, 0) is 6.61 Å². The van der Waals surface area contributed by atoms with Gasteiger partial charge in [0.15, 0.2) is 6.29 Å². The summed E-state index contributed by atoms with van der Waals surface area (Å²) in [6, 6.07) is 23.6. The number of hydrogen-bond acceptors (Lipinski definition) is 5. The number of nitrogens with zero attached hydrogens (tertiary/aromatic N) is 1. The Morgan fingerprint density at radius 3 is 2.55 bits per heavy atom. The summed E-state index contributed by atoms with van der Waals surface area (Å²) in [6.07, 6.45) is -1.64. The number of rotatable bonds is 5. The van der Waals surface area contributed by atoms with E-state index in [1.165, 1.54) is 4.70 Å². The van der Waals surface area contributed by atoms with Crippen LogP contribution in [0.1, 0.15) is 23.0 Å². The van der Waals surface area contributed by atoms with Gasteiger partial charge in [-0.1, -0.05) is 54.6 Å². The molecule has 0 aliphatic carbocycles. The summed E-state index contributed by atoms with van der Waals surface area (Å²) in [7, 11) is 0. The fraction of sp³-hybridized carbons (Fsp3) is 0.115. The first kappa shape index (κ1) is 19.7. The lowest BCUT2D eigenvalue weighted by Crippen LogP contribution is -2.03. The lowest BCUT2D eigenvalue weighted by Gasteiger charge is -2.17. The quantitative estimate of drug-likeness (QED) is 0.338. The minimum atomic E-state index is -1.64. The van der Waals surface area contributed by atoms with Gasteiger partial charge in [0.2, 0.25) is 0 Å². The molecule has 0 aliphatic heterocycles. The van der Waals surface area contributed by atoms with E-state index >= 15 is 0 Å². The molecule has 0 aliphatic rings. The number of thiophene rings is 1. The van der Waals surface area contributed by atoms with E-state index in [4.69, 9.17) is 9.72 Å². The van der Waals surface area contributed by atoms with E-state index in [1.54, 1.807) is 17.4 Å². The minimum absolute atomic E-state index is 0.386. The number of pyridine rings is 1. The molecule has 2 aromatic heterocycles. The SMILES string of the molecule is Cc1ccc(OCc2ccccc2)c2c(C(O)O)cc(-c3csc4ccccc34)nc12. The molecule has 31 heavy (non-hydrogen) atoms. The van der Waals surface area contributed by atoms with Crippen molar-refractivity contribution in [1.29, 1.82) is 0 Å². The molecule has 0 amide bonds. The van der Waals surface area contributed by atoms with Crippen LogP contribution in [0.15, 0.2) is 78.2 Å². The summed E-state index contributed by atoms with van der Waals surface area (Å²) in [5, 5.41) is 24.3. The molecular formula is C26H21NO3S. The van der Waals surface area contributed by atoms with Gasteiger partial charge in [-0.2, -0.15) is 0 Å². The molecule has 0 fully saturated rings. The molecule has 0 saturated heterocycles. The first-order valence-corrected chi connectivity index (χ1v) is 10.9. The minimum Gasteiger partial charge on any atom is -0.488 e. The van der Waals surface area contributed by atoms with Crippen LogP contribution >= 0.6 is 11.3 Å². The highest BCUT2D eigenvalue weighted by Gasteiger charge is 2.19. The van der Waals surface area contributed by atoms with E-state index < -0.39 is 6.29 Å². The molecule has 2 N–H and O–H groups in total. The summed E-state index contributed by atoms with van der Waals surface area (Å²) < 4.78 is 7.26. The van der Waals surface area contributed by atoms with E-state index in [0.717, 1.165) is 27.8 Å². The maximum absolute atomic E-state index is 10.2. The van der Waals surface area contributed by atoms with Gasteiger partial charge < -0.3 is 14.9 Å². The third kappa shape index (κ3) is 3.68. The standard InChI is InChI=1S/C26H21NO3S/c1-16-11-12-22(30-14-17-7-3-2-4-8-17)24-19(26(28)29)13-21(27-25(16)24)20-15-31-23-10-6-5-9-18(20)23/h2-13,15,26,28-29H,14H2,1H3. The van der Waals surface area contributed by atoms with E-state index in [9.17, 15) is 10.2 Å². The largest absolute Gasteiger partial charge is 0.488 e. The number of aliphatic hydroxyl groups excluding tert-OH is 1. The lowest BCUT2D eigenvalue weighted by molar-refractivity contribution is -0.0414. The van der Waals surface area contributed by atoms with Gasteiger partial charge in [0.1, 0.15) is 12.4 Å². The van der Waals surface area contributed by atoms with Crippen LogP contribution in [0, 0.1) is 6.92 Å². The van der Waals surface area contributed by atoms with Gasteiger partial charge in [0, 0.05) is 26.6 Å². The predicted octanol–water partition coefficient (Wildman–Crippen LogP) is 5.99. The van der Waals surface area contributed by atoms with Gasteiger partial charge in [-0.05, 0) is 36.2 Å². The zero-order valence-corrected chi connectivity index (χ0v) is 17.8. The fourth-order valence-electron chi connectivity index (χ4n) is 3.85. The Morgan fingerprint density at radius 1 is 0.968 bits per heavy atom. The van der Waals surface area contributed by atoms with Gasteiger partial charge >= 0.3 is 0 Å². The first-order valence-electron chi connectivity index (χ1n) is 10.1. The van der Waals surface area contributed by atoms with Crippen LogP contribution in [0.25, 0.3) is 32.2 Å². The molecular weight excluding hydrogens is 406 g/mol. The van der Waals surface area contributed by atoms with Crippen LogP contribution in [-0.4, -0.2) is 15.2 Å². The summed E-state index contributed by atoms with van der Waals surface area (Å²) in [6.45, 7) is 2.36. The monoisotopic (exact) mass is 427 g/mol. The highest BCUT2D eigenvalue weighted by atomic mass is 32.1. The zero-order valence-electron chi connectivity index (χ0n) is 16.9. The van der Waals surface area contributed by atoms with Crippen molar-refractivity contribution in [3.63, 3.8) is 0 Å². The van der Waals surface area contributed by atoms with Crippen molar-refractivity contribution in [3.8, 4) is 17.0 Å². The van der Waals surface area contributed by atoms with Crippen molar-refractivity contribution in [2.45, 2.75) is 19.8 Å². The molecule has 5 rings (SSSR count). The van der Waals surface area contributed by atoms with Crippen molar-refractivity contribution in [2.75, 3.05) is 0 Å². The molecule has 3 aromatic carbocycles. The van der Waals surface area contributed by atoms with Crippen LogP contribution in [0.4, 0.5) is 0 Å². The Hall–Kier alpha value is -3.25. The van der Waals surface area contributed by atoms with Crippen molar-refractivity contribution in [3.05, 3.63) is 94.9 Å². The maximum atomic E-state index is 10.2. The zero-order chi connectivity index (χ0) is 21.4. The molecule has 2 heterocycles. The lowest BCUT2D eigenvalue weighted by atomic mass is 10.0. The molecule has 5 aromatic rings. The number of aliphatic hydroxyl groups is 2. The fourth-order valence-corrected chi connectivity index (χ4v) is 4.80. The molecule has 0 bridgehead atoms. The van der Waals surface area contributed by atoms with Crippen LogP contribution in [0.5, 0.6) is 5.75 Å². The number of hydrogen-bond donors (Lipinski definition) is 2. The Balaban J connectivity index is 1.67. The summed E-state index contributed by atoms with van der Waals surface area (Å²) >= 11 is 1.65. The van der Waals surface area contributed by atoms with E-state index in [2.05, 4.69) is 17.5 Å². The van der Waals surface area contributed by atoms with Gasteiger partial charge in [-0.3, -0.25) is 0 Å². The van der Waals surface area contributed by atoms with E-state index in [0.29, 0.717) is 28.8 Å². The summed E-state index contributed by atoms with van der Waals surface area (Å²) in [5.74, 6) is 0.585. The highest BCUT2D eigenvalue weighted by molar-refractivity contribution is 7.17. The van der Waals surface area contributed by atoms with Gasteiger partial charge in [-0.25, -0.2) is 4.98 Å². The molecule has 154 valence electrons. The average Bonchev–Trinajstić information content (AvgIpc) is 3.23. The van der Waals surface area contributed by atoms with Crippen LogP contribution < -0.4 is 4.74 Å². The third-order valence-corrected chi connectivity index (χ3v) is 6.39. The Kier molecular flexibility index (Phi) is 5.16. The normalized spacial score (nSPS) is 11.5. The second-order valence-corrected chi connectivity index (χ2v) is 8.41. The van der Waals surface area contributed by atoms with Gasteiger partial charge in [0.05, 0.1) is 16.6 Å². The third-order valence-electron chi connectivity index (χ3n) is 5.43. The van der Waals surface area contributed by atoms with E-state index in [-0.39, 0.29) is 0 Å². The first-order chi connectivity index (χ1) is 15.1. The van der Waals surface area contributed by atoms with Crippen molar-refractivity contribution >= 4 is 32.3 Å². The highest BCUT2D eigenvalue weighted by Crippen LogP contribution is 2.39. The average molecular weight is 428 g/mol. The van der Waals surface area contributed by atoms with E-state index in [1.807, 2.05) is 61.5 Å².